The van der Waals surface area contributed by atoms with Crippen molar-refractivity contribution in [2.24, 2.45) is 5.92 Å². The van der Waals surface area contributed by atoms with Crippen molar-refractivity contribution in [1.82, 2.24) is 15.3 Å². The maximum atomic E-state index is 4.26. The Morgan fingerprint density at radius 2 is 2.43 bits per heavy atom. The Hall–Kier alpha value is -0.830. The predicted molar refractivity (Wildman–Crippen MR) is 57.0 cm³/mol. The van der Waals surface area contributed by atoms with Crippen molar-refractivity contribution in [3.63, 3.8) is 0 Å². The molecule has 1 unspecified atom stereocenters. The molecule has 3 nitrogen and oxygen atoms in total. The third-order valence-corrected chi connectivity index (χ3v) is 2.94. The number of hydrogen-bond donors (Lipinski definition) is 2. The number of H-pyrrole nitrogens is 1. The molecule has 2 rings (SSSR count). The fourth-order valence-corrected chi connectivity index (χ4v) is 1.77. The van der Waals surface area contributed by atoms with Crippen LogP contribution in [0.2, 0.25) is 0 Å². The highest BCUT2D eigenvalue weighted by molar-refractivity contribution is 5.08. The number of rotatable bonds is 5. The molecule has 3 heteroatoms. The van der Waals surface area contributed by atoms with E-state index in [0.717, 1.165) is 18.2 Å². The van der Waals surface area contributed by atoms with Crippen LogP contribution in [-0.4, -0.2) is 16.0 Å². The Morgan fingerprint density at radius 1 is 1.64 bits per heavy atom. The summed E-state index contributed by atoms with van der Waals surface area (Å²) in [6, 6.07) is 0.624. The van der Waals surface area contributed by atoms with Crippen molar-refractivity contribution < 1.29 is 0 Å². The molecule has 0 spiro atoms. The number of aromatic nitrogens is 2. The maximum absolute atomic E-state index is 4.26. The van der Waals surface area contributed by atoms with Crippen LogP contribution in [0.25, 0.3) is 0 Å². The molecule has 1 fully saturated rings. The molecule has 0 amide bonds. The largest absolute Gasteiger partial charge is 0.348 e. The van der Waals surface area contributed by atoms with Gasteiger partial charge in [-0.25, -0.2) is 4.98 Å². The number of nitrogens with zero attached hydrogens (tertiary/aromatic N) is 1. The topological polar surface area (TPSA) is 40.7 Å². The summed E-state index contributed by atoms with van der Waals surface area (Å²) in [5, 5.41) is 3.51. The highest BCUT2D eigenvalue weighted by Gasteiger charge is 2.23. The molecule has 78 valence electrons. The van der Waals surface area contributed by atoms with E-state index in [2.05, 4.69) is 29.1 Å². The monoisotopic (exact) mass is 193 g/mol. The first-order valence-electron chi connectivity index (χ1n) is 5.48. The molecule has 1 aliphatic carbocycles. The van der Waals surface area contributed by atoms with E-state index in [9.17, 15) is 0 Å². The fraction of sp³-hybridized carbons (Fsp3) is 0.727. The van der Waals surface area contributed by atoms with E-state index in [1.54, 1.807) is 6.33 Å². The highest BCUT2D eigenvalue weighted by Crippen LogP contribution is 2.33. The van der Waals surface area contributed by atoms with Crippen LogP contribution in [0.1, 0.15) is 37.6 Å². The Labute approximate surface area is 85.3 Å². The van der Waals surface area contributed by atoms with Gasteiger partial charge in [0.15, 0.2) is 0 Å². The molecule has 0 radical (unpaired) electrons. The summed E-state index contributed by atoms with van der Waals surface area (Å²) in [7, 11) is 0. The SMILES string of the molecule is Cc1[nH]cnc1CNC(C)CC1CC1. The third kappa shape index (κ3) is 2.58. The molecule has 2 N–H and O–H groups in total. The number of nitrogens with one attached hydrogen (secondary N) is 2. The Kier molecular flexibility index (Phi) is 2.87. The van der Waals surface area contributed by atoms with Gasteiger partial charge in [0.25, 0.3) is 0 Å². The van der Waals surface area contributed by atoms with E-state index in [1.807, 2.05) is 0 Å². The van der Waals surface area contributed by atoms with E-state index < -0.39 is 0 Å². The molecule has 1 aliphatic rings. The minimum absolute atomic E-state index is 0.624. The second-order valence-electron chi connectivity index (χ2n) is 4.44. The van der Waals surface area contributed by atoms with E-state index in [4.69, 9.17) is 0 Å². The van der Waals surface area contributed by atoms with Gasteiger partial charge in [-0.15, -0.1) is 0 Å². The molecule has 1 aromatic rings. The number of imidazole rings is 1. The van der Waals surface area contributed by atoms with E-state index >= 15 is 0 Å². The molecule has 1 heterocycles. The lowest BCUT2D eigenvalue weighted by molar-refractivity contribution is 0.484. The molecule has 0 aromatic carbocycles. The summed E-state index contributed by atoms with van der Waals surface area (Å²) < 4.78 is 0. The van der Waals surface area contributed by atoms with Gasteiger partial charge in [-0.1, -0.05) is 12.8 Å². The van der Waals surface area contributed by atoms with Gasteiger partial charge in [0.1, 0.15) is 0 Å². The Morgan fingerprint density at radius 3 is 3.00 bits per heavy atom. The third-order valence-electron chi connectivity index (χ3n) is 2.94. The van der Waals surface area contributed by atoms with Gasteiger partial charge in [-0.3, -0.25) is 0 Å². The fourth-order valence-electron chi connectivity index (χ4n) is 1.77. The minimum atomic E-state index is 0.624. The van der Waals surface area contributed by atoms with Crippen LogP contribution in [0.4, 0.5) is 0 Å². The number of aryl methyl sites for hydroxylation is 1. The summed E-state index contributed by atoms with van der Waals surface area (Å²) in [5.74, 6) is 0.998. The van der Waals surface area contributed by atoms with Gasteiger partial charge in [-0.2, -0.15) is 0 Å². The first-order chi connectivity index (χ1) is 6.75. The van der Waals surface area contributed by atoms with Crippen molar-refractivity contribution in [1.29, 1.82) is 0 Å². The smallest absolute Gasteiger partial charge is 0.0925 e. The summed E-state index contributed by atoms with van der Waals surface area (Å²) in [6.45, 7) is 5.22. The molecule has 1 atom stereocenters. The van der Waals surface area contributed by atoms with Gasteiger partial charge < -0.3 is 10.3 Å². The zero-order valence-corrected chi connectivity index (χ0v) is 9.01. The van der Waals surface area contributed by atoms with E-state index in [0.29, 0.717) is 6.04 Å². The van der Waals surface area contributed by atoms with Crippen molar-refractivity contribution in [2.45, 2.75) is 45.7 Å². The molecule has 0 aliphatic heterocycles. The Bertz CT molecular complexity index is 288. The van der Waals surface area contributed by atoms with Crippen molar-refractivity contribution in [3.8, 4) is 0 Å². The van der Waals surface area contributed by atoms with E-state index in [1.165, 1.54) is 25.0 Å². The van der Waals surface area contributed by atoms with Crippen LogP contribution in [0.3, 0.4) is 0 Å². The first kappa shape index (κ1) is 9.71. The van der Waals surface area contributed by atoms with Crippen LogP contribution in [0, 0.1) is 12.8 Å². The van der Waals surface area contributed by atoms with Crippen LogP contribution < -0.4 is 5.32 Å². The normalized spacial score (nSPS) is 18.4. The highest BCUT2D eigenvalue weighted by atomic mass is 15.0. The predicted octanol–water partition coefficient (Wildman–Crippen LogP) is 2.00. The van der Waals surface area contributed by atoms with E-state index in [-0.39, 0.29) is 0 Å². The van der Waals surface area contributed by atoms with Gasteiger partial charge in [0.2, 0.25) is 0 Å². The van der Waals surface area contributed by atoms with Crippen LogP contribution in [0.5, 0.6) is 0 Å². The molecule has 14 heavy (non-hydrogen) atoms. The van der Waals surface area contributed by atoms with Crippen LogP contribution in [-0.2, 0) is 6.54 Å². The number of hydrogen-bond acceptors (Lipinski definition) is 2. The summed E-state index contributed by atoms with van der Waals surface area (Å²) in [6.07, 6.45) is 5.96. The zero-order chi connectivity index (χ0) is 9.97. The molecule has 1 aromatic heterocycles. The van der Waals surface area contributed by atoms with Crippen molar-refractivity contribution >= 4 is 0 Å². The van der Waals surface area contributed by atoms with Crippen LogP contribution >= 0.6 is 0 Å². The van der Waals surface area contributed by atoms with Crippen molar-refractivity contribution in [2.75, 3.05) is 0 Å². The molecular formula is C11H19N3. The summed E-state index contributed by atoms with van der Waals surface area (Å²) in [5.41, 5.74) is 2.32. The van der Waals surface area contributed by atoms with Crippen LogP contribution in [0.15, 0.2) is 6.33 Å². The number of aromatic amines is 1. The van der Waals surface area contributed by atoms with Crippen molar-refractivity contribution in [3.05, 3.63) is 17.7 Å². The summed E-state index contributed by atoms with van der Waals surface area (Å²) >= 11 is 0. The quantitative estimate of drug-likeness (QED) is 0.751. The van der Waals surface area contributed by atoms with Gasteiger partial charge in [0.05, 0.1) is 12.0 Å². The second kappa shape index (κ2) is 4.13. The molecule has 1 saturated carbocycles. The lowest BCUT2D eigenvalue weighted by Gasteiger charge is -2.12. The minimum Gasteiger partial charge on any atom is -0.348 e. The second-order valence-corrected chi connectivity index (χ2v) is 4.44. The molecule has 0 saturated heterocycles. The average molecular weight is 193 g/mol. The van der Waals surface area contributed by atoms with Gasteiger partial charge in [0, 0.05) is 18.3 Å². The lowest BCUT2D eigenvalue weighted by Crippen LogP contribution is -2.26. The summed E-state index contributed by atoms with van der Waals surface area (Å²) in [4.78, 5) is 7.36. The lowest BCUT2D eigenvalue weighted by atomic mass is 10.1. The average Bonchev–Trinajstić information content (AvgIpc) is 2.86. The zero-order valence-electron chi connectivity index (χ0n) is 9.01. The molecular weight excluding hydrogens is 174 g/mol. The maximum Gasteiger partial charge on any atom is 0.0925 e. The van der Waals surface area contributed by atoms with Gasteiger partial charge in [-0.05, 0) is 26.2 Å². The van der Waals surface area contributed by atoms with Gasteiger partial charge >= 0.3 is 0 Å². The first-order valence-corrected chi connectivity index (χ1v) is 5.48. The standard InChI is InChI=1S/C11H19N3/c1-8(5-10-3-4-10)12-6-11-9(2)13-7-14-11/h7-8,10,12H,3-6H2,1-2H3,(H,13,14). The molecule has 0 bridgehead atoms. The Balaban J connectivity index is 1.73.